The molecule has 1 aromatic heterocycles. The highest BCUT2D eigenvalue weighted by Crippen LogP contribution is 2.21. The van der Waals surface area contributed by atoms with Gasteiger partial charge in [0.2, 0.25) is 0 Å². The fourth-order valence-electron chi connectivity index (χ4n) is 1.80. The van der Waals surface area contributed by atoms with E-state index >= 15 is 0 Å². The molecule has 0 saturated heterocycles. The van der Waals surface area contributed by atoms with E-state index in [2.05, 4.69) is 5.10 Å². The fourth-order valence-corrected chi connectivity index (χ4v) is 1.80. The van der Waals surface area contributed by atoms with Crippen LogP contribution in [0.4, 0.5) is 0 Å². The predicted molar refractivity (Wildman–Crippen MR) is 69.9 cm³/mol. The van der Waals surface area contributed by atoms with E-state index in [1.807, 2.05) is 30.3 Å². The molecule has 2 atom stereocenters. The third-order valence-electron chi connectivity index (χ3n) is 3.01. The Balaban J connectivity index is 2.11. The first kappa shape index (κ1) is 13.3. The quantitative estimate of drug-likeness (QED) is 0.862. The van der Waals surface area contributed by atoms with Crippen LogP contribution in [0.3, 0.4) is 0 Å². The van der Waals surface area contributed by atoms with Crippen LogP contribution in [0.1, 0.15) is 25.0 Å². The van der Waals surface area contributed by atoms with Crippen LogP contribution in [0.25, 0.3) is 5.69 Å². The second-order valence-electron chi connectivity index (χ2n) is 4.54. The summed E-state index contributed by atoms with van der Waals surface area (Å²) in [7, 11) is 0. The van der Waals surface area contributed by atoms with Crippen LogP contribution >= 0.6 is 0 Å². The normalized spacial score (nSPS) is 14.0. The van der Waals surface area contributed by atoms with Crippen LogP contribution in [0, 0.1) is 5.92 Å². The van der Waals surface area contributed by atoms with Gasteiger partial charge in [0, 0.05) is 11.8 Å². The molecule has 1 heterocycles. The first-order valence-corrected chi connectivity index (χ1v) is 6.09. The zero-order valence-corrected chi connectivity index (χ0v) is 10.6. The van der Waals surface area contributed by atoms with Crippen molar-refractivity contribution < 1.29 is 15.0 Å². The SMILES string of the molecule is CC(CC(O)c1cnn(-c2ccccc2)c1)C(=O)O. The molecule has 0 fully saturated rings. The number of hydrogen-bond donors (Lipinski definition) is 2. The summed E-state index contributed by atoms with van der Waals surface area (Å²) in [6.07, 6.45) is 2.64. The van der Waals surface area contributed by atoms with Gasteiger partial charge in [-0.25, -0.2) is 4.68 Å². The standard InChI is InChI=1S/C14H16N2O3/c1-10(14(18)19)7-13(17)11-8-15-16(9-11)12-5-3-2-4-6-12/h2-6,8-10,13,17H,7H2,1H3,(H,18,19). The number of nitrogens with zero attached hydrogens (tertiary/aromatic N) is 2. The summed E-state index contributed by atoms with van der Waals surface area (Å²) in [6, 6.07) is 9.53. The Hall–Kier alpha value is -2.14. The number of aliphatic carboxylic acids is 1. The number of aliphatic hydroxyl groups excluding tert-OH is 1. The van der Waals surface area contributed by atoms with Crippen molar-refractivity contribution in [2.24, 2.45) is 5.92 Å². The van der Waals surface area contributed by atoms with Gasteiger partial charge in [-0.2, -0.15) is 5.10 Å². The van der Waals surface area contributed by atoms with Gasteiger partial charge in [0.1, 0.15) is 0 Å². The molecule has 2 aromatic rings. The molecule has 5 nitrogen and oxygen atoms in total. The van der Waals surface area contributed by atoms with Crippen molar-refractivity contribution >= 4 is 5.97 Å². The molecule has 19 heavy (non-hydrogen) atoms. The summed E-state index contributed by atoms with van der Waals surface area (Å²) in [5, 5.41) is 23.0. The summed E-state index contributed by atoms with van der Waals surface area (Å²) in [5.74, 6) is -1.50. The van der Waals surface area contributed by atoms with Gasteiger partial charge in [0.05, 0.1) is 23.9 Å². The van der Waals surface area contributed by atoms with Crippen molar-refractivity contribution in [2.75, 3.05) is 0 Å². The second kappa shape index (κ2) is 5.67. The first-order valence-electron chi connectivity index (χ1n) is 6.09. The summed E-state index contributed by atoms with van der Waals surface area (Å²) >= 11 is 0. The van der Waals surface area contributed by atoms with E-state index in [1.54, 1.807) is 24.0 Å². The van der Waals surface area contributed by atoms with E-state index < -0.39 is 18.0 Å². The monoisotopic (exact) mass is 260 g/mol. The number of carbonyl (C=O) groups is 1. The minimum atomic E-state index is -0.908. The van der Waals surface area contributed by atoms with Crippen LogP contribution in [-0.2, 0) is 4.79 Å². The molecule has 0 saturated carbocycles. The van der Waals surface area contributed by atoms with E-state index in [1.165, 1.54) is 0 Å². The van der Waals surface area contributed by atoms with Crippen molar-refractivity contribution in [3.05, 3.63) is 48.3 Å². The van der Waals surface area contributed by atoms with Gasteiger partial charge < -0.3 is 10.2 Å². The fraction of sp³-hybridized carbons (Fsp3) is 0.286. The van der Waals surface area contributed by atoms with Crippen LogP contribution in [0.5, 0.6) is 0 Å². The average Bonchev–Trinajstić information content (AvgIpc) is 2.89. The third-order valence-corrected chi connectivity index (χ3v) is 3.01. The smallest absolute Gasteiger partial charge is 0.306 e. The third kappa shape index (κ3) is 3.20. The Morgan fingerprint density at radius 3 is 2.68 bits per heavy atom. The lowest BCUT2D eigenvalue weighted by molar-refractivity contribution is -0.142. The molecule has 0 spiro atoms. The highest BCUT2D eigenvalue weighted by molar-refractivity contribution is 5.69. The van der Waals surface area contributed by atoms with Gasteiger partial charge in [-0.05, 0) is 18.6 Å². The van der Waals surface area contributed by atoms with E-state index in [0.29, 0.717) is 5.56 Å². The molecule has 0 aliphatic heterocycles. The molecule has 0 radical (unpaired) electrons. The number of carboxylic acids is 1. The Bertz CT molecular complexity index is 551. The molecule has 0 bridgehead atoms. The number of aromatic nitrogens is 2. The summed E-state index contributed by atoms with van der Waals surface area (Å²) in [6.45, 7) is 1.58. The van der Waals surface area contributed by atoms with E-state index in [4.69, 9.17) is 5.11 Å². The van der Waals surface area contributed by atoms with Gasteiger partial charge in [0.25, 0.3) is 0 Å². The number of benzene rings is 1. The lowest BCUT2D eigenvalue weighted by Gasteiger charge is -2.11. The molecular formula is C14H16N2O3. The molecule has 2 unspecified atom stereocenters. The number of carboxylic acid groups (broad SMARTS) is 1. The Labute approximate surface area is 111 Å². The zero-order chi connectivity index (χ0) is 13.8. The Kier molecular flexibility index (Phi) is 3.97. The van der Waals surface area contributed by atoms with E-state index in [9.17, 15) is 9.90 Å². The first-order chi connectivity index (χ1) is 9.08. The van der Waals surface area contributed by atoms with Crippen LogP contribution in [0.15, 0.2) is 42.7 Å². The lowest BCUT2D eigenvalue weighted by atomic mass is 10.0. The maximum Gasteiger partial charge on any atom is 0.306 e. The number of aliphatic hydroxyl groups is 1. The Morgan fingerprint density at radius 2 is 2.05 bits per heavy atom. The highest BCUT2D eigenvalue weighted by Gasteiger charge is 2.19. The molecule has 2 rings (SSSR count). The topological polar surface area (TPSA) is 75.4 Å². The van der Waals surface area contributed by atoms with Crippen molar-refractivity contribution in [3.63, 3.8) is 0 Å². The summed E-state index contributed by atoms with van der Waals surface area (Å²) in [5.41, 5.74) is 1.52. The molecule has 100 valence electrons. The van der Waals surface area contributed by atoms with Crippen molar-refractivity contribution in [1.82, 2.24) is 9.78 Å². The van der Waals surface area contributed by atoms with Crippen molar-refractivity contribution in [3.8, 4) is 5.69 Å². The Morgan fingerprint density at radius 1 is 1.37 bits per heavy atom. The van der Waals surface area contributed by atoms with E-state index in [0.717, 1.165) is 5.69 Å². The molecule has 2 N–H and O–H groups in total. The number of para-hydroxylation sites is 1. The molecule has 0 amide bonds. The van der Waals surface area contributed by atoms with Gasteiger partial charge in [-0.1, -0.05) is 25.1 Å². The van der Waals surface area contributed by atoms with Crippen LogP contribution < -0.4 is 0 Å². The summed E-state index contributed by atoms with van der Waals surface area (Å²) < 4.78 is 1.66. The highest BCUT2D eigenvalue weighted by atomic mass is 16.4. The largest absolute Gasteiger partial charge is 0.481 e. The average molecular weight is 260 g/mol. The van der Waals surface area contributed by atoms with Crippen LogP contribution in [0.2, 0.25) is 0 Å². The zero-order valence-electron chi connectivity index (χ0n) is 10.6. The van der Waals surface area contributed by atoms with Gasteiger partial charge in [-0.3, -0.25) is 4.79 Å². The van der Waals surface area contributed by atoms with Gasteiger partial charge in [-0.15, -0.1) is 0 Å². The molecule has 0 aliphatic carbocycles. The van der Waals surface area contributed by atoms with Crippen molar-refractivity contribution in [1.29, 1.82) is 0 Å². The van der Waals surface area contributed by atoms with Crippen LogP contribution in [-0.4, -0.2) is 26.0 Å². The summed E-state index contributed by atoms with van der Waals surface area (Å²) in [4.78, 5) is 10.8. The van der Waals surface area contributed by atoms with E-state index in [-0.39, 0.29) is 6.42 Å². The maximum atomic E-state index is 10.8. The van der Waals surface area contributed by atoms with Gasteiger partial charge in [0.15, 0.2) is 0 Å². The number of hydrogen-bond acceptors (Lipinski definition) is 3. The minimum Gasteiger partial charge on any atom is -0.481 e. The van der Waals surface area contributed by atoms with Gasteiger partial charge >= 0.3 is 5.97 Å². The molecule has 1 aromatic carbocycles. The molecule has 0 aliphatic rings. The number of rotatable bonds is 5. The lowest BCUT2D eigenvalue weighted by Crippen LogP contribution is -2.13. The molecule has 5 heteroatoms. The molecular weight excluding hydrogens is 244 g/mol. The predicted octanol–water partition coefficient (Wildman–Crippen LogP) is 2.02. The minimum absolute atomic E-state index is 0.176. The second-order valence-corrected chi connectivity index (χ2v) is 4.54. The van der Waals surface area contributed by atoms with Crippen molar-refractivity contribution in [2.45, 2.75) is 19.4 Å². The maximum absolute atomic E-state index is 10.8.